The lowest BCUT2D eigenvalue weighted by Gasteiger charge is -2.48. The lowest BCUT2D eigenvalue weighted by Crippen LogP contribution is -2.43. The molecule has 4 heteroatoms. The van der Waals surface area contributed by atoms with Crippen LogP contribution < -0.4 is 4.74 Å². The molecular weight excluding hydrogens is 316 g/mol. The summed E-state index contributed by atoms with van der Waals surface area (Å²) < 4.78 is 5.53. The van der Waals surface area contributed by atoms with Crippen molar-refractivity contribution in [2.75, 3.05) is 7.11 Å². The lowest BCUT2D eigenvalue weighted by atomic mass is 9.56. The van der Waals surface area contributed by atoms with Crippen molar-refractivity contribution in [2.24, 2.45) is 11.3 Å². The Hall–Kier alpha value is -1.55. The Labute approximate surface area is 150 Å². The maximum absolute atomic E-state index is 12.0. The van der Waals surface area contributed by atoms with Gasteiger partial charge in [0.25, 0.3) is 0 Å². The second-order valence-electron chi connectivity index (χ2n) is 8.95. The molecule has 0 bridgehead atoms. The molecule has 0 aromatic heterocycles. The topological polar surface area (TPSA) is 66.8 Å². The first-order chi connectivity index (χ1) is 11.6. The number of benzene rings is 1. The molecule has 0 unspecified atom stereocenters. The molecule has 138 valence electrons. The number of aldehydes is 1. The van der Waals surface area contributed by atoms with Crippen molar-refractivity contribution in [3.63, 3.8) is 0 Å². The number of aromatic hydroxyl groups is 1. The van der Waals surface area contributed by atoms with E-state index in [0.29, 0.717) is 22.4 Å². The highest BCUT2D eigenvalue weighted by Gasteiger charge is 2.59. The second kappa shape index (κ2) is 5.73. The minimum atomic E-state index is -0.746. The maximum Gasteiger partial charge on any atom is 0.164 e. The van der Waals surface area contributed by atoms with Gasteiger partial charge in [-0.1, -0.05) is 41.0 Å². The monoisotopic (exact) mass is 346 g/mol. The highest BCUT2D eigenvalue weighted by atomic mass is 16.5. The van der Waals surface area contributed by atoms with Gasteiger partial charge >= 0.3 is 0 Å². The number of fused-ring (bicyclic) bond motifs is 3. The number of phenolic OH excluding ortho intramolecular Hbond substituents is 1. The normalized spacial score (nSPS) is 30.1. The number of aliphatic hydroxyl groups is 1. The molecule has 0 heterocycles. The highest BCUT2D eigenvalue weighted by Crippen LogP contribution is 2.66. The van der Waals surface area contributed by atoms with Gasteiger partial charge in [-0.15, -0.1) is 0 Å². The summed E-state index contributed by atoms with van der Waals surface area (Å²) in [5, 5.41) is 22.4. The molecule has 2 N–H and O–H groups in total. The predicted molar refractivity (Wildman–Crippen MR) is 97.6 cm³/mol. The Morgan fingerprint density at radius 2 is 1.88 bits per heavy atom. The van der Waals surface area contributed by atoms with Gasteiger partial charge in [0, 0.05) is 28.0 Å². The van der Waals surface area contributed by atoms with Crippen molar-refractivity contribution < 1.29 is 19.7 Å². The van der Waals surface area contributed by atoms with E-state index in [1.165, 1.54) is 7.11 Å². The smallest absolute Gasteiger partial charge is 0.164 e. The van der Waals surface area contributed by atoms with E-state index in [-0.39, 0.29) is 28.4 Å². The van der Waals surface area contributed by atoms with E-state index in [9.17, 15) is 15.0 Å². The summed E-state index contributed by atoms with van der Waals surface area (Å²) >= 11 is 0. The molecule has 2 aliphatic carbocycles. The quantitative estimate of drug-likeness (QED) is 0.793. The molecule has 0 saturated heterocycles. The van der Waals surface area contributed by atoms with Crippen LogP contribution >= 0.6 is 0 Å². The summed E-state index contributed by atoms with van der Waals surface area (Å²) in [6.07, 6.45) is 3.04. The van der Waals surface area contributed by atoms with Gasteiger partial charge < -0.3 is 14.9 Å². The summed E-state index contributed by atoms with van der Waals surface area (Å²) in [6.45, 7) is 10.4. The minimum Gasteiger partial charge on any atom is -0.504 e. The summed E-state index contributed by atoms with van der Waals surface area (Å²) in [5.74, 6) is 0.462. The number of hydrogen-bond acceptors (Lipinski definition) is 4. The van der Waals surface area contributed by atoms with E-state index in [0.717, 1.165) is 31.1 Å². The summed E-state index contributed by atoms with van der Waals surface area (Å²) in [5.41, 5.74) is 2.11. The summed E-state index contributed by atoms with van der Waals surface area (Å²) in [4.78, 5) is 12.0. The molecule has 3 atom stereocenters. The third-order valence-electron chi connectivity index (χ3n) is 6.67. The van der Waals surface area contributed by atoms with Crippen molar-refractivity contribution in [1.82, 2.24) is 0 Å². The lowest BCUT2D eigenvalue weighted by molar-refractivity contribution is -0.0276. The average Bonchev–Trinajstić information content (AvgIpc) is 2.76. The van der Waals surface area contributed by atoms with E-state index in [2.05, 4.69) is 20.8 Å². The van der Waals surface area contributed by atoms with Gasteiger partial charge in [-0.05, 0) is 29.7 Å². The Morgan fingerprint density at radius 1 is 1.24 bits per heavy atom. The zero-order chi connectivity index (χ0) is 18.7. The molecule has 1 saturated carbocycles. The number of hydrogen-bond donors (Lipinski definition) is 2. The number of carbonyl (C=O) groups is 1. The van der Waals surface area contributed by atoms with Gasteiger partial charge in [0.1, 0.15) is 0 Å². The Balaban J connectivity index is 2.42. The van der Waals surface area contributed by atoms with E-state index in [4.69, 9.17) is 4.74 Å². The van der Waals surface area contributed by atoms with E-state index >= 15 is 0 Å². The number of aliphatic hydroxyl groups excluding tert-OH is 1. The first-order valence-electron chi connectivity index (χ1n) is 9.22. The molecule has 0 radical (unpaired) electrons. The Morgan fingerprint density at radius 3 is 2.40 bits per heavy atom. The van der Waals surface area contributed by atoms with Crippen LogP contribution in [-0.2, 0) is 5.41 Å². The van der Waals surface area contributed by atoms with Crippen molar-refractivity contribution in [2.45, 2.75) is 71.3 Å². The molecule has 0 aliphatic heterocycles. The van der Waals surface area contributed by atoms with Gasteiger partial charge in [0.2, 0.25) is 0 Å². The van der Waals surface area contributed by atoms with Crippen molar-refractivity contribution in [1.29, 1.82) is 0 Å². The fourth-order valence-corrected chi connectivity index (χ4v) is 5.87. The minimum absolute atomic E-state index is 0.00185. The van der Waals surface area contributed by atoms with E-state index in [1.807, 2.05) is 13.8 Å². The zero-order valence-electron chi connectivity index (χ0n) is 16.1. The van der Waals surface area contributed by atoms with Crippen molar-refractivity contribution >= 4 is 6.29 Å². The molecule has 1 aromatic rings. The van der Waals surface area contributed by atoms with Gasteiger partial charge in [0.05, 0.1) is 13.2 Å². The number of ether oxygens (including phenoxy) is 1. The van der Waals surface area contributed by atoms with Crippen LogP contribution in [0.5, 0.6) is 11.5 Å². The van der Waals surface area contributed by atoms with Gasteiger partial charge in [-0.3, -0.25) is 4.79 Å². The fraction of sp³-hybridized carbons (Fsp3) is 0.667. The molecule has 1 aromatic carbocycles. The fourth-order valence-electron chi connectivity index (χ4n) is 5.87. The van der Waals surface area contributed by atoms with Crippen LogP contribution in [0.15, 0.2) is 0 Å². The summed E-state index contributed by atoms with van der Waals surface area (Å²) in [6, 6.07) is 0. The van der Waals surface area contributed by atoms with Crippen molar-refractivity contribution in [3.8, 4) is 11.5 Å². The molecule has 2 aliphatic rings. The molecule has 4 nitrogen and oxygen atoms in total. The predicted octanol–water partition coefficient (Wildman–Crippen LogP) is 4.47. The SMILES string of the molecule is COc1c(O)c2c(c(C=O)c1C(C)C)[C@H](O)[C@H]1C(C)(C)CCC[C@]21C. The van der Waals surface area contributed by atoms with Gasteiger partial charge in [-0.25, -0.2) is 0 Å². The van der Waals surface area contributed by atoms with Gasteiger partial charge in [0.15, 0.2) is 17.8 Å². The molecule has 1 fully saturated rings. The van der Waals surface area contributed by atoms with Crippen LogP contribution in [-0.4, -0.2) is 23.6 Å². The van der Waals surface area contributed by atoms with Crippen LogP contribution in [0, 0.1) is 11.3 Å². The first kappa shape index (κ1) is 18.2. The maximum atomic E-state index is 12.0. The van der Waals surface area contributed by atoms with Crippen LogP contribution in [0.4, 0.5) is 0 Å². The molecule has 25 heavy (non-hydrogen) atoms. The van der Waals surface area contributed by atoms with Crippen LogP contribution in [0.25, 0.3) is 0 Å². The van der Waals surface area contributed by atoms with Gasteiger partial charge in [-0.2, -0.15) is 0 Å². The summed E-state index contributed by atoms with van der Waals surface area (Å²) in [7, 11) is 1.53. The standard InChI is InChI=1S/C21H30O4/c1-11(2)13-12(10-22)14-15(17(24)18(13)25-6)21(5)9-7-8-20(3,4)19(21)16(14)23/h10-11,16,19,23-24H,7-9H2,1-6H3/t16-,19-,21+/m0/s1. The highest BCUT2D eigenvalue weighted by molar-refractivity contribution is 5.86. The van der Waals surface area contributed by atoms with Crippen LogP contribution in [0.2, 0.25) is 0 Å². The van der Waals surface area contributed by atoms with Crippen molar-refractivity contribution in [3.05, 3.63) is 22.3 Å². The third-order valence-corrected chi connectivity index (χ3v) is 6.67. The number of rotatable bonds is 3. The Bertz CT molecular complexity index is 719. The molecule has 0 spiro atoms. The number of phenols is 1. The third kappa shape index (κ3) is 2.26. The number of carbonyl (C=O) groups excluding carboxylic acids is 1. The van der Waals surface area contributed by atoms with Crippen LogP contribution in [0.3, 0.4) is 0 Å². The number of methoxy groups -OCH3 is 1. The first-order valence-corrected chi connectivity index (χ1v) is 9.22. The Kier molecular flexibility index (Phi) is 4.18. The average molecular weight is 346 g/mol. The molecule has 0 amide bonds. The molecular formula is C21H30O4. The largest absolute Gasteiger partial charge is 0.504 e. The second-order valence-corrected chi connectivity index (χ2v) is 8.95. The zero-order valence-corrected chi connectivity index (χ0v) is 16.1. The van der Waals surface area contributed by atoms with E-state index in [1.54, 1.807) is 0 Å². The van der Waals surface area contributed by atoms with E-state index < -0.39 is 6.10 Å². The molecule has 3 rings (SSSR count). The van der Waals surface area contributed by atoms with Crippen LogP contribution in [0.1, 0.15) is 93.0 Å².